The van der Waals surface area contributed by atoms with E-state index in [4.69, 9.17) is 19.9 Å². The molecule has 0 fully saturated rings. The molecule has 0 radical (unpaired) electrons. The van der Waals surface area contributed by atoms with Gasteiger partial charge < -0.3 is 0 Å². The van der Waals surface area contributed by atoms with Crippen molar-refractivity contribution < 1.29 is 0 Å². The van der Waals surface area contributed by atoms with Crippen molar-refractivity contribution in [1.82, 2.24) is 24.5 Å². The summed E-state index contributed by atoms with van der Waals surface area (Å²) < 4.78 is 2.22. The first kappa shape index (κ1) is 32.7. The molecular formula is C52H33N5. The fourth-order valence-corrected chi connectivity index (χ4v) is 8.10. The Balaban J connectivity index is 1.10. The third-order valence-electron chi connectivity index (χ3n) is 10.8. The first-order valence-electron chi connectivity index (χ1n) is 19.1. The summed E-state index contributed by atoms with van der Waals surface area (Å²) in [4.78, 5) is 20.7. The maximum absolute atomic E-state index is 5.23. The lowest BCUT2D eigenvalue weighted by Crippen LogP contribution is -2.02. The van der Waals surface area contributed by atoms with Gasteiger partial charge in [0.25, 0.3) is 0 Å². The number of benzene rings is 9. The highest BCUT2D eigenvalue weighted by Crippen LogP contribution is 2.38. The standard InChI is InChI=1S/C52H33N5/c1-3-14-34(15-4-1)35-26-28-36(29-27-35)49-54-50(38-18-13-19-40(32-38)57-48-25-12-11-24-47(48)53-52(57)37-16-5-2-6-17-37)56-51(55-49)39-30-31-45-43-22-8-7-20-41(43)42-21-9-10-23-44(42)46(45)33-39/h1-33H. The Morgan fingerprint density at radius 1 is 0.281 bits per heavy atom. The summed E-state index contributed by atoms with van der Waals surface area (Å²) in [7, 11) is 0. The Labute approximate surface area is 329 Å². The zero-order chi connectivity index (χ0) is 37.7. The average Bonchev–Trinajstić information content (AvgIpc) is 3.69. The van der Waals surface area contributed by atoms with Crippen LogP contribution in [0.25, 0.3) is 106 Å². The molecule has 5 nitrogen and oxygen atoms in total. The number of imidazole rings is 1. The van der Waals surface area contributed by atoms with E-state index in [0.717, 1.165) is 55.9 Å². The third-order valence-corrected chi connectivity index (χ3v) is 10.8. The van der Waals surface area contributed by atoms with Gasteiger partial charge in [-0.15, -0.1) is 0 Å². The predicted molar refractivity (Wildman–Crippen MR) is 234 cm³/mol. The second kappa shape index (κ2) is 13.5. The molecule has 2 heterocycles. The van der Waals surface area contributed by atoms with E-state index < -0.39 is 0 Å². The minimum atomic E-state index is 0.595. The molecule has 9 aromatic carbocycles. The molecule has 0 aliphatic carbocycles. The predicted octanol–water partition coefficient (Wildman–Crippen LogP) is 13.0. The number of fused-ring (bicyclic) bond motifs is 7. The molecule has 0 N–H and O–H groups in total. The maximum atomic E-state index is 5.23. The average molecular weight is 728 g/mol. The summed E-state index contributed by atoms with van der Waals surface area (Å²) in [5, 5.41) is 7.28. The topological polar surface area (TPSA) is 56.5 Å². The van der Waals surface area contributed by atoms with Gasteiger partial charge in [-0.1, -0.05) is 170 Å². The van der Waals surface area contributed by atoms with Crippen molar-refractivity contribution in [2.75, 3.05) is 0 Å². The number of hydrogen-bond donors (Lipinski definition) is 0. The van der Waals surface area contributed by atoms with Crippen molar-refractivity contribution in [3.8, 4) is 62.4 Å². The van der Waals surface area contributed by atoms with Crippen LogP contribution in [-0.2, 0) is 0 Å². The van der Waals surface area contributed by atoms with Crippen LogP contribution in [0.15, 0.2) is 200 Å². The Morgan fingerprint density at radius 3 is 1.40 bits per heavy atom. The van der Waals surface area contributed by atoms with Crippen LogP contribution in [0.4, 0.5) is 0 Å². The fraction of sp³-hybridized carbons (Fsp3) is 0. The molecule has 0 spiro atoms. The van der Waals surface area contributed by atoms with Crippen molar-refractivity contribution in [3.05, 3.63) is 200 Å². The first-order chi connectivity index (χ1) is 28.2. The van der Waals surface area contributed by atoms with Crippen molar-refractivity contribution in [1.29, 1.82) is 0 Å². The minimum Gasteiger partial charge on any atom is -0.292 e. The van der Waals surface area contributed by atoms with E-state index in [0.29, 0.717) is 17.5 Å². The second-order valence-electron chi connectivity index (χ2n) is 14.3. The van der Waals surface area contributed by atoms with Gasteiger partial charge in [0.1, 0.15) is 5.82 Å². The molecular weight excluding hydrogens is 695 g/mol. The lowest BCUT2D eigenvalue weighted by Gasteiger charge is -2.13. The highest BCUT2D eigenvalue weighted by atomic mass is 15.1. The van der Waals surface area contributed by atoms with Crippen LogP contribution >= 0.6 is 0 Å². The van der Waals surface area contributed by atoms with E-state index in [1.807, 2.05) is 30.3 Å². The van der Waals surface area contributed by atoms with Crippen LogP contribution in [0, 0.1) is 0 Å². The van der Waals surface area contributed by atoms with Crippen LogP contribution in [-0.4, -0.2) is 24.5 Å². The summed E-state index contributed by atoms with van der Waals surface area (Å²) in [5.74, 6) is 2.70. The minimum absolute atomic E-state index is 0.595. The van der Waals surface area contributed by atoms with Gasteiger partial charge in [0.15, 0.2) is 17.5 Å². The van der Waals surface area contributed by atoms with Crippen molar-refractivity contribution in [2.24, 2.45) is 0 Å². The Hall–Kier alpha value is -7.76. The molecule has 0 atom stereocenters. The Kier molecular flexibility index (Phi) is 7.74. The number of hydrogen-bond acceptors (Lipinski definition) is 4. The third kappa shape index (κ3) is 5.72. The Morgan fingerprint density at radius 2 is 0.737 bits per heavy atom. The SMILES string of the molecule is c1ccc(-c2ccc(-c3nc(-c4cccc(-n5c(-c6ccccc6)nc6ccccc65)c4)nc(-c4ccc5c6ccccc6c6ccccc6c5c4)n3)cc2)cc1. The van der Waals surface area contributed by atoms with Crippen molar-refractivity contribution >= 4 is 43.4 Å². The molecule has 0 bridgehead atoms. The molecule has 0 saturated heterocycles. The van der Waals surface area contributed by atoms with Gasteiger partial charge in [0, 0.05) is 27.9 Å². The van der Waals surface area contributed by atoms with Crippen LogP contribution in [0.2, 0.25) is 0 Å². The van der Waals surface area contributed by atoms with Crippen molar-refractivity contribution in [3.63, 3.8) is 0 Å². The summed E-state index contributed by atoms with van der Waals surface area (Å²) >= 11 is 0. The van der Waals surface area contributed by atoms with Gasteiger partial charge in [-0.05, 0) is 73.8 Å². The van der Waals surface area contributed by atoms with E-state index in [9.17, 15) is 0 Å². The molecule has 2 aromatic heterocycles. The second-order valence-corrected chi connectivity index (χ2v) is 14.3. The van der Waals surface area contributed by atoms with E-state index in [-0.39, 0.29) is 0 Å². The van der Waals surface area contributed by atoms with Gasteiger partial charge in [-0.25, -0.2) is 19.9 Å². The zero-order valence-corrected chi connectivity index (χ0v) is 30.8. The van der Waals surface area contributed by atoms with E-state index >= 15 is 0 Å². The van der Waals surface area contributed by atoms with Gasteiger partial charge in [-0.3, -0.25) is 4.57 Å². The quantitative estimate of drug-likeness (QED) is 0.160. The number of para-hydroxylation sites is 2. The van der Waals surface area contributed by atoms with Gasteiger partial charge in [-0.2, -0.15) is 0 Å². The Bertz CT molecular complexity index is 3240. The summed E-state index contributed by atoms with van der Waals surface area (Å²) in [5.41, 5.74) is 9.00. The van der Waals surface area contributed by atoms with Crippen LogP contribution in [0.5, 0.6) is 0 Å². The highest BCUT2D eigenvalue weighted by molar-refractivity contribution is 6.25. The summed E-state index contributed by atoms with van der Waals surface area (Å²) in [6.45, 7) is 0. The molecule has 0 aliphatic rings. The molecule has 11 rings (SSSR count). The van der Waals surface area contributed by atoms with E-state index in [1.165, 1.54) is 32.3 Å². The smallest absolute Gasteiger partial charge is 0.164 e. The molecule has 0 aliphatic heterocycles. The lowest BCUT2D eigenvalue weighted by atomic mass is 9.93. The number of aromatic nitrogens is 5. The van der Waals surface area contributed by atoms with E-state index in [2.05, 4.69) is 174 Å². The number of nitrogens with zero attached hydrogens (tertiary/aromatic N) is 5. The molecule has 11 aromatic rings. The van der Waals surface area contributed by atoms with Gasteiger partial charge in [0.05, 0.1) is 11.0 Å². The monoisotopic (exact) mass is 727 g/mol. The summed E-state index contributed by atoms with van der Waals surface area (Å²) in [6, 6.07) is 69.8. The molecule has 0 amide bonds. The van der Waals surface area contributed by atoms with E-state index in [1.54, 1.807) is 0 Å². The normalized spacial score (nSPS) is 11.5. The van der Waals surface area contributed by atoms with Gasteiger partial charge in [0.2, 0.25) is 0 Å². The van der Waals surface area contributed by atoms with Gasteiger partial charge >= 0.3 is 0 Å². The molecule has 0 saturated carbocycles. The highest BCUT2D eigenvalue weighted by Gasteiger charge is 2.18. The molecule has 0 unspecified atom stereocenters. The first-order valence-corrected chi connectivity index (χ1v) is 19.1. The molecule has 57 heavy (non-hydrogen) atoms. The van der Waals surface area contributed by atoms with Crippen LogP contribution in [0.1, 0.15) is 0 Å². The van der Waals surface area contributed by atoms with Crippen LogP contribution < -0.4 is 0 Å². The maximum Gasteiger partial charge on any atom is 0.164 e. The zero-order valence-electron chi connectivity index (χ0n) is 30.8. The fourth-order valence-electron chi connectivity index (χ4n) is 8.10. The molecule has 266 valence electrons. The van der Waals surface area contributed by atoms with Crippen molar-refractivity contribution in [2.45, 2.75) is 0 Å². The lowest BCUT2D eigenvalue weighted by molar-refractivity contribution is 1.07. The number of rotatable bonds is 6. The summed E-state index contributed by atoms with van der Waals surface area (Å²) in [6.07, 6.45) is 0. The largest absolute Gasteiger partial charge is 0.292 e. The van der Waals surface area contributed by atoms with Crippen LogP contribution in [0.3, 0.4) is 0 Å². The molecule has 5 heteroatoms.